The number of ether oxygens (including phenoxy) is 1. The van der Waals surface area contributed by atoms with Crippen molar-refractivity contribution in [2.24, 2.45) is 5.73 Å². The van der Waals surface area contributed by atoms with Gasteiger partial charge in [0.05, 0.1) is 18.0 Å². The van der Waals surface area contributed by atoms with E-state index in [0.29, 0.717) is 6.54 Å². The molecule has 0 bridgehead atoms. The van der Waals surface area contributed by atoms with Gasteiger partial charge in [0, 0.05) is 24.2 Å². The van der Waals surface area contributed by atoms with Crippen LogP contribution in [0.1, 0.15) is 12.5 Å². The van der Waals surface area contributed by atoms with Crippen LogP contribution in [0.4, 0.5) is 19.7 Å². The normalized spacial score (nSPS) is 10.0. The van der Waals surface area contributed by atoms with Gasteiger partial charge < -0.3 is 20.7 Å². The number of urea groups is 1. The Kier molecular flexibility index (Phi) is 6.71. The second-order valence-electron chi connectivity index (χ2n) is 4.46. The van der Waals surface area contributed by atoms with Gasteiger partial charge in [-0.15, -0.1) is 0 Å². The first kappa shape index (κ1) is 18.1. The molecule has 3 amide bonds. The van der Waals surface area contributed by atoms with E-state index < -0.39 is 22.9 Å². The van der Waals surface area contributed by atoms with Crippen molar-refractivity contribution in [2.75, 3.05) is 19.7 Å². The van der Waals surface area contributed by atoms with Crippen molar-refractivity contribution in [1.82, 2.24) is 10.2 Å². The number of carbonyl (C=O) groups excluding carboxylic acids is 2. The van der Waals surface area contributed by atoms with E-state index in [0.717, 1.165) is 23.1 Å². The molecule has 1 aromatic rings. The van der Waals surface area contributed by atoms with Gasteiger partial charge in [-0.2, -0.15) is 0 Å². The van der Waals surface area contributed by atoms with E-state index in [2.05, 4.69) is 10.1 Å². The average molecular weight is 328 g/mol. The van der Waals surface area contributed by atoms with Crippen LogP contribution in [0.25, 0.3) is 0 Å². The molecular weight excluding hydrogens is 311 g/mol. The maximum absolute atomic E-state index is 13.8. The predicted molar refractivity (Wildman–Crippen MR) is 78.1 cm³/mol. The summed E-state index contributed by atoms with van der Waals surface area (Å²) in [6.45, 7) is 1.59. The number of halogens is 1. The Bertz CT molecular complexity index is 596. The smallest absolute Gasteiger partial charge is 0.404 e. The number of nitrogens with zero attached hydrogens (tertiary/aromatic N) is 2. The number of nitrogens with one attached hydrogen (secondary N) is 1. The highest BCUT2D eigenvalue weighted by Crippen LogP contribution is 2.18. The van der Waals surface area contributed by atoms with E-state index in [1.165, 1.54) is 0 Å². The van der Waals surface area contributed by atoms with Crippen molar-refractivity contribution in [2.45, 2.75) is 13.5 Å². The van der Waals surface area contributed by atoms with Crippen LogP contribution in [0, 0.1) is 15.9 Å². The van der Waals surface area contributed by atoms with Crippen LogP contribution in [-0.4, -0.2) is 41.6 Å². The molecular formula is C13H17FN4O5. The summed E-state index contributed by atoms with van der Waals surface area (Å²) in [5.74, 6) is -0.680. The molecule has 0 heterocycles. The molecule has 10 heteroatoms. The molecule has 23 heavy (non-hydrogen) atoms. The van der Waals surface area contributed by atoms with Crippen LogP contribution >= 0.6 is 0 Å². The number of hydrogen-bond acceptors (Lipinski definition) is 5. The monoisotopic (exact) mass is 328 g/mol. The highest BCUT2D eigenvalue weighted by molar-refractivity contribution is 5.74. The molecule has 0 saturated carbocycles. The van der Waals surface area contributed by atoms with Gasteiger partial charge in [0.15, 0.2) is 0 Å². The number of nitro benzene ring substituents is 1. The van der Waals surface area contributed by atoms with Gasteiger partial charge in [-0.05, 0) is 13.0 Å². The molecule has 0 radical (unpaired) electrons. The van der Waals surface area contributed by atoms with Crippen LogP contribution in [0.5, 0.6) is 0 Å². The summed E-state index contributed by atoms with van der Waals surface area (Å²) in [5.41, 5.74) is 4.52. The summed E-state index contributed by atoms with van der Waals surface area (Å²) in [6, 6.07) is 2.53. The van der Waals surface area contributed by atoms with Crippen molar-refractivity contribution in [3.63, 3.8) is 0 Å². The summed E-state index contributed by atoms with van der Waals surface area (Å²) in [7, 11) is 0. The molecule has 9 nitrogen and oxygen atoms in total. The van der Waals surface area contributed by atoms with Gasteiger partial charge in [0.25, 0.3) is 5.69 Å². The van der Waals surface area contributed by atoms with Crippen LogP contribution in [0.2, 0.25) is 0 Å². The molecule has 0 aliphatic carbocycles. The zero-order valence-corrected chi connectivity index (χ0v) is 12.5. The molecule has 0 fully saturated rings. The topological polar surface area (TPSA) is 128 Å². The van der Waals surface area contributed by atoms with Gasteiger partial charge in [-0.25, -0.2) is 14.0 Å². The zero-order valence-electron chi connectivity index (χ0n) is 12.5. The lowest BCUT2D eigenvalue weighted by atomic mass is 10.1. The highest BCUT2D eigenvalue weighted by Gasteiger charge is 2.18. The van der Waals surface area contributed by atoms with Crippen LogP contribution in [0.3, 0.4) is 0 Å². The Morgan fingerprint density at radius 3 is 2.74 bits per heavy atom. The Morgan fingerprint density at radius 2 is 2.17 bits per heavy atom. The molecule has 0 saturated heterocycles. The fraction of sp³-hybridized carbons (Fsp3) is 0.385. The molecule has 0 atom stereocenters. The number of nitrogens with two attached hydrogens (primary N) is 1. The van der Waals surface area contributed by atoms with E-state index in [1.54, 1.807) is 6.92 Å². The van der Waals surface area contributed by atoms with Gasteiger partial charge >= 0.3 is 12.1 Å². The summed E-state index contributed by atoms with van der Waals surface area (Å²) in [4.78, 5) is 33.8. The fourth-order valence-electron chi connectivity index (χ4n) is 1.77. The summed E-state index contributed by atoms with van der Waals surface area (Å²) < 4.78 is 18.4. The number of carbonyl (C=O) groups is 2. The van der Waals surface area contributed by atoms with E-state index in [1.807, 2.05) is 0 Å². The van der Waals surface area contributed by atoms with E-state index in [9.17, 15) is 24.1 Å². The average Bonchev–Trinajstić information content (AvgIpc) is 2.47. The minimum atomic E-state index is -0.998. The van der Waals surface area contributed by atoms with Crippen molar-refractivity contribution in [1.29, 1.82) is 0 Å². The molecule has 0 spiro atoms. The second-order valence-corrected chi connectivity index (χ2v) is 4.46. The van der Waals surface area contributed by atoms with Gasteiger partial charge in [0.2, 0.25) is 0 Å². The van der Waals surface area contributed by atoms with Gasteiger partial charge in [-0.1, -0.05) is 0 Å². The zero-order chi connectivity index (χ0) is 17.4. The van der Waals surface area contributed by atoms with Crippen LogP contribution < -0.4 is 11.1 Å². The second kappa shape index (κ2) is 8.51. The van der Waals surface area contributed by atoms with Crippen molar-refractivity contribution in [3.05, 3.63) is 39.7 Å². The standard InChI is InChI=1S/C13H17FN4O5/c1-2-16-13(20)17(5-6-23-12(15)19)8-9-7-10(18(21)22)3-4-11(9)14/h3-4,7H,2,5-6,8H2,1H3,(H2,15,19)(H,16,20). The largest absolute Gasteiger partial charge is 0.448 e. The molecule has 0 aliphatic heterocycles. The minimum absolute atomic E-state index is 0.0236. The Labute approximate surface area is 131 Å². The molecule has 3 N–H and O–H groups in total. The Hall–Kier alpha value is -2.91. The number of nitro groups is 1. The molecule has 126 valence electrons. The number of hydrogen-bond donors (Lipinski definition) is 2. The van der Waals surface area contributed by atoms with Gasteiger partial charge in [0.1, 0.15) is 12.4 Å². The number of primary amides is 1. The molecule has 1 rings (SSSR count). The Balaban J connectivity index is 2.90. The Morgan fingerprint density at radius 1 is 1.48 bits per heavy atom. The summed E-state index contributed by atoms with van der Waals surface area (Å²) in [6.07, 6.45) is -0.998. The van der Waals surface area contributed by atoms with E-state index >= 15 is 0 Å². The van der Waals surface area contributed by atoms with E-state index in [-0.39, 0.29) is 30.9 Å². The van der Waals surface area contributed by atoms with Gasteiger partial charge in [-0.3, -0.25) is 10.1 Å². The number of rotatable bonds is 7. The lowest BCUT2D eigenvalue weighted by Crippen LogP contribution is -2.41. The third kappa shape index (κ3) is 5.77. The fourth-order valence-corrected chi connectivity index (χ4v) is 1.77. The number of benzene rings is 1. The first-order valence-corrected chi connectivity index (χ1v) is 6.73. The van der Waals surface area contributed by atoms with E-state index in [4.69, 9.17) is 5.73 Å². The van der Waals surface area contributed by atoms with Crippen molar-refractivity contribution < 1.29 is 23.6 Å². The quantitative estimate of drug-likeness (QED) is 0.577. The van der Waals surface area contributed by atoms with Crippen LogP contribution in [-0.2, 0) is 11.3 Å². The molecule has 0 aliphatic rings. The SMILES string of the molecule is CCNC(=O)N(CCOC(N)=O)Cc1cc([N+](=O)[O-])ccc1F. The maximum Gasteiger partial charge on any atom is 0.404 e. The molecule has 1 aromatic carbocycles. The van der Waals surface area contributed by atoms with Crippen molar-refractivity contribution >= 4 is 17.8 Å². The van der Waals surface area contributed by atoms with Crippen molar-refractivity contribution in [3.8, 4) is 0 Å². The first-order valence-electron chi connectivity index (χ1n) is 6.73. The maximum atomic E-state index is 13.8. The highest BCUT2D eigenvalue weighted by atomic mass is 19.1. The lowest BCUT2D eigenvalue weighted by Gasteiger charge is -2.22. The minimum Gasteiger partial charge on any atom is -0.448 e. The lowest BCUT2D eigenvalue weighted by molar-refractivity contribution is -0.385. The predicted octanol–water partition coefficient (Wildman–Crippen LogP) is 1.36. The number of amides is 3. The first-order chi connectivity index (χ1) is 10.8. The number of non-ortho nitro benzene ring substituents is 1. The molecule has 0 aromatic heterocycles. The van der Waals surface area contributed by atoms with Crippen LogP contribution in [0.15, 0.2) is 18.2 Å². The third-order valence-corrected chi connectivity index (χ3v) is 2.82. The summed E-state index contributed by atoms with van der Waals surface area (Å²) in [5, 5.41) is 13.3. The molecule has 0 unspecified atom stereocenters. The summed E-state index contributed by atoms with van der Waals surface area (Å²) >= 11 is 0. The third-order valence-electron chi connectivity index (χ3n) is 2.82.